The highest BCUT2D eigenvalue weighted by Crippen LogP contribution is 2.25. The minimum absolute atomic E-state index is 0.142. The van der Waals surface area contributed by atoms with Gasteiger partial charge in [0.2, 0.25) is 11.8 Å². The molecular weight excluding hydrogens is 370 g/mol. The summed E-state index contributed by atoms with van der Waals surface area (Å²) in [6, 6.07) is 11.4. The Kier molecular flexibility index (Phi) is 7.36. The number of carbonyl (C=O) groups is 3. The summed E-state index contributed by atoms with van der Waals surface area (Å²) in [7, 11) is 0. The topological polar surface area (TPSA) is 111 Å². The summed E-state index contributed by atoms with van der Waals surface area (Å²) in [4.78, 5) is 36.3. The summed E-state index contributed by atoms with van der Waals surface area (Å²) in [5.41, 5.74) is 7.27. The smallest absolute Gasteiger partial charge is 0.255 e. The van der Waals surface area contributed by atoms with Crippen molar-refractivity contribution in [3.63, 3.8) is 0 Å². The molecule has 0 aliphatic heterocycles. The molecule has 1 unspecified atom stereocenters. The van der Waals surface area contributed by atoms with E-state index >= 15 is 0 Å². The molecule has 0 heterocycles. The molecule has 7 nitrogen and oxygen atoms in total. The zero-order chi connectivity index (χ0) is 21.6. The van der Waals surface area contributed by atoms with Crippen molar-refractivity contribution in [2.75, 3.05) is 11.9 Å². The van der Waals surface area contributed by atoms with Crippen molar-refractivity contribution in [3.05, 3.63) is 59.2 Å². The molecule has 1 atom stereocenters. The molecule has 29 heavy (non-hydrogen) atoms. The van der Waals surface area contributed by atoms with Gasteiger partial charge in [0.25, 0.3) is 5.91 Å². The summed E-state index contributed by atoms with van der Waals surface area (Å²) in [5, 5.41) is 5.68. The number of anilines is 1. The van der Waals surface area contributed by atoms with E-state index in [1.807, 2.05) is 13.8 Å². The number of rotatable bonds is 8. The van der Waals surface area contributed by atoms with Crippen LogP contribution in [0.25, 0.3) is 0 Å². The Morgan fingerprint density at radius 3 is 2.41 bits per heavy atom. The lowest BCUT2D eigenvalue weighted by molar-refractivity contribution is -0.118. The maximum Gasteiger partial charge on any atom is 0.255 e. The fourth-order valence-corrected chi connectivity index (χ4v) is 2.67. The van der Waals surface area contributed by atoms with Crippen molar-refractivity contribution in [2.45, 2.75) is 33.7 Å². The predicted molar refractivity (Wildman–Crippen MR) is 112 cm³/mol. The monoisotopic (exact) mass is 397 g/mol. The van der Waals surface area contributed by atoms with E-state index in [0.29, 0.717) is 29.2 Å². The Morgan fingerprint density at radius 2 is 1.79 bits per heavy atom. The van der Waals surface area contributed by atoms with Crippen LogP contribution in [0.1, 0.15) is 60.0 Å². The summed E-state index contributed by atoms with van der Waals surface area (Å²) >= 11 is 0. The molecule has 0 spiro atoms. The van der Waals surface area contributed by atoms with Crippen molar-refractivity contribution in [3.8, 4) is 5.75 Å². The zero-order valence-corrected chi connectivity index (χ0v) is 17.1. The van der Waals surface area contributed by atoms with Crippen LogP contribution in [0.15, 0.2) is 42.5 Å². The Bertz CT molecular complexity index is 909. The number of nitrogens with two attached hydrogens (primary N) is 1. The molecule has 4 N–H and O–H groups in total. The standard InChI is InChI=1S/C22H27N3O4/c1-5-29-19-10-9-17(25-21(27)13(2)3)12-18(19)22(28)24-14(4)15-7-6-8-16(11-15)20(23)26/h6-14H,5H2,1-4H3,(H2,23,26)(H,24,28)(H,25,27). The molecule has 0 aliphatic carbocycles. The van der Waals surface area contributed by atoms with E-state index in [-0.39, 0.29) is 23.8 Å². The lowest BCUT2D eigenvalue weighted by Crippen LogP contribution is -2.27. The summed E-state index contributed by atoms with van der Waals surface area (Å²) in [5.74, 6) is -0.789. The fraction of sp³-hybridized carbons (Fsp3) is 0.318. The third-order valence-electron chi connectivity index (χ3n) is 4.33. The first-order valence-corrected chi connectivity index (χ1v) is 9.51. The highest BCUT2D eigenvalue weighted by molar-refractivity contribution is 6.00. The van der Waals surface area contributed by atoms with Crippen molar-refractivity contribution in [2.24, 2.45) is 11.7 Å². The second-order valence-electron chi connectivity index (χ2n) is 6.97. The molecule has 2 aromatic rings. The molecule has 0 aliphatic rings. The van der Waals surface area contributed by atoms with Crippen molar-refractivity contribution < 1.29 is 19.1 Å². The second kappa shape index (κ2) is 9.73. The van der Waals surface area contributed by atoms with Gasteiger partial charge in [-0.3, -0.25) is 14.4 Å². The van der Waals surface area contributed by atoms with E-state index in [1.54, 1.807) is 56.3 Å². The molecule has 0 saturated carbocycles. The van der Waals surface area contributed by atoms with Crippen LogP contribution < -0.4 is 21.1 Å². The van der Waals surface area contributed by atoms with Crippen LogP contribution in [-0.4, -0.2) is 24.3 Å². The van der Waals surface area contributed by atoms with E-state index < -0.39 is 5.91 Å². The molecule has 2 rings (SSSR count). The molecule has 154 valence electrons. The normalized spacial score (nSPS) is 11.6. The highest BCUT2D eigenvalue weighted by atomic mass is 16.5. The van der Waals surface area contributed by atoms with Crippen LogP contribution in [-0.2, 0) is 4.79 Å². The van der Waals surface area contributed by atoms with E-state index in [9.17, 15) is 14.4 Å². The number of hydrogen-bond donors (Lipinski definition) is 3. The van der Waals surface area contributed by atoms with Crippen LogP contribution in [0, 0.1) is 5.92 Å². The number of benzene rings is 2. The third kappa shape index (κ3) is 5.81. The molecule has 3 amide bonds. The Hall–Kier alpha value is -3.35. The minimum Gasteiger partial charge on any atom is -0.493 e. The highest BCUT2D eigenvalue weighted by Gasteiger charge is 2.18. The maximum atomic E-state index is 12.9. The SMILES string of the molecule is CCOc1ccc(NC(=O)C(C)C)cc1C(=O)NC(C)c1cccc(C(N)=O)c1. The van der Waals surface area contributed by atoms with Gasteiger partial charge in [-0.15, -0.1) is 0 Å². The maximum absolute atomic E-state index is 12.9. The average molecular weight is 397 g/mol. The van der Waals surface area contributed by atoms with Crippen LogP contribution in [0.4, 0.5) is 5.69 Å². The number of ether oxygens (including phenoxy) is 1. The largest absolute Gasteiger partial charge is 0.493 e. The van der Waals surface area contributed by atoms with Crippen LogP contribution in [0.2, 0.25) is 0 Å². The van der Waals surface area contributed by atoms with Gasteiger partial charge in [-0.25, -0.2) is 0 Å². The van der Waals surface area contributed by atoms with Gasteiger partial charge in [0.1, 0.15) is 5.75 Å². The average Bonchev–Trinajstić information content (AvgIpc) is 2.69. The van der Waals surface area contributed by atoms with Crippen molar-refractivity contribution in [1.82, 2.24) is 5.32 Å². The van der Waals surface area contributed by atoms with Crippen LogP contribution >= 0.6 is 0 Å². The number of hydrogen-bond acceptors (Lipinski definition) is 4. The first-order chi connectivity index (χ1) is 13.7. The Morgan fingerprint density at radius 1 is 1.07 bits per heavy atom. The van der Waals surface area contributed by atoms with Gasteiger partial charge < -0.3 is 21.1 Å². The molecule has 0 bridgehead atoms. The minimum atomic E-state index is -0.530. The second-order valence-corrected chi connectivity index (χ2v) is 6.97. The third-order valence-corrected chi connectivity index (χ3v) is 4.33. The van der Waals surface area contributed by atoms with E-state index in [1.165, 1.54) is 0 Å². The Balaban J connectivity index is 2.26. The van der Waals surface area contributed by atoms with Crippen molar-refractivity contribution in [1.29, 1.82) is 0 Å². The van der Waals surface area contributed by atoms with E-state index in [0.717, 1.165) is 5.56 Å². The van der Waals surface area contributed by atoms with Crippen molar-refractivity contribution >= 4 is 23.4 Å². The van der Waals surface area contributed by atoms with Gasteiger partial charge in [0.15, 0.2) is 0 Å². The van der Waals surface area contributed by atoms with E-state index in [4.69, 9.17) is 10.5 Å². The molecule has 7 heteroatoms. The van der Waals surface area contributed by atoms with Crippen LogP contribution in [0.3, 0.4) is 0 Å². The summed E-state index contributed by atoms with van der Waals surface area (Å²) < 4.78 is 5.57. The number of primary amides is 1. The number of nitrogens with one attached hydrogen (secondary N) is 2. The summed E-state index contributed by atoms with van der Waals surface area (Å²) in [6.45, 7) is 7.61. The molecule has 0 fully saturated rings. The van der Waals surface area contributed by atoms with Gasteiger partial charge in [0, 0.05) is 17.2 Å². The summed E-state index contributed by atoms with van der Waals surface area (Å²) in [6.07, 6.45) is 0. The zero-order valence-electron chi connectivity index (χ0n) is 17.1. The first kappa shape index (κ1) is 21.9. The molecule has 0 saturated heterocycles. The molecule has 0 radical (unpaired) electrons. The number of carbonyl (C=O) groups excluding carboxylic acids is 3. The first-order valence-electron chi connectivity index (χ1n) is 9.51. The lowest BCUT2D eigenvalue weighted by Gasteiger charge is -2.18. The predicted octanol–water partition coefficient (Wildman–Crippen LogP) is 3.27. The quantitative estimate of drug-likeness (QED) is 0.635. The fourth-order valence-electron chi connectivity index (χ4n) is 2.67. The van der Waals surface area contributed by atoms with Gasteiger partial charge in [-0.1, -0.05) is 26.0 Å². The molecular formula is C22H27N3O4. The van der Waals surface area contributed by atoms with Gasteiger partial charge in [0.05, 0.1) is 18.2 Å². The lowest BCUT2D eigenvalue weighted by atomic mass is 10.0. The van der Waals surface area contributed by atoms with Gasteiger partial charge in [-0.05, 0) is 49.7 Å². The van der Waals surface area contributed by atoms with Gasteiger partial charge in [-0.2, -0.15) is 0 Å². The van der Waals surface area contributed by atoms with Crippen LogP contribution in [0.5, 0.6) is 5.75 Å². The number of amides is 3. The van der Waals surface area contributed by atoms with E-state index in [2.05, 4.69) is 10.6 Å². The van der Waals surface area contributed by atoms with Gasteiger partial charge >= 0.3 is 0 Å². The molecule has 0 aromatic heterocycles. The molecule has 2 aromatic carbocycles. The Labute approximate surface area is 170 Å².